The lowest BCUT2D eigenvalue weighted by molar-refractivity contribution is 0.471. The Morgan fingerprint density at radius 3 is 2.50 bits per heavy atom. The van der Waals surface area contributed by atoms with E-state index in [1.165, 1.54) is 37.0 Å². The van der Waals surface area contributed by atoms with E-state index in [2.05, 4.69) is 10.0 Å². The fourth-order valence-electron chi connectivity index (χ4n) is 2.67. The first-order chi connectivity index (χ1) is 9.62. The van der Waals surface area contributed by atoms with Gasteiger partial charge in [0.25, 0.3) is 0 Å². The molecule has 0 atom stereocenters. The maximum Gasteiger partial charge on any atom is 0.241 e. The largest absolute Gasteiger partial charge is 0.312 e. The van der Waals surface area contributed by atoms with E-state index in [4.69, 9.17) is 0 Å². The fourth-order valence-corrected chi connectivity index (χ4v) is 5.45. The zero-order chi connectivity index (χ0) is 14.2. The number of thiophene rings is 1. The molecule has 0 aromatic carbocycles. The van der Waals surface area contributed by atoms with Crippen LogP contribution in [0.1, 0.15) is 37.5 Å². The molecule has 2 aliphatic rings. The summed E-state index contributed by atoms with van der Waals surface area (Å²) in [5, 5.41) is 5.07. The van der Waals surface area contributed by atoms with Crippen LogP contribution in [0.25, 0.3) is 0 Å². The molecule has 2 saturated carbocycles. The Kier molecular flexibility index (Phi) is 4.17. The molecule has 20 heavy (non-hydrogen) atoms. The lowest BCUT2D eigenvalue weighted by atomic mass is 10.1. The topological polar surface area (TPSA) is 58.2 Å². The highest BCUT2D eigenvalue weighted by Gasteiger charge is 2.43. The fraction of sp³-hybridized carbons (Fsp3) is 0.714. The predicted molar refractivity (Wildman–Crippen MR) is 81.3 cm³/mol. The summed E-state index contributed by atoms with van der Waals surface area (Å²) >= 11 is 1.51. The molecule has 4 nitrogen and oxygen atoms in total. The van der Waals surface area contributed by atoms with E-state index in [0.717, 1.165) is 11.4 Å². The van der Waals surface area contributed by atoms with Crippen LogP contribution < -0.4 is 10.0 Å². The van der Waals surface area contributed by atoms with Crippen LogP contribution >= 0.6 is 11.3 Å². The van der Waals surface area contributed by atoms with Gasteiger partial charge in [-0.15, -0.1) is 11.3 Å². The molecular formula is C14H22N2O2S2. The van der Waals surface area contributed by atoms with Crippen molar-refractivity contribution in [1.29, 1.82) is 0 Å². The van der Waals surface area contributed by atoms with Gasteiger partial charge in [0.15, 0.2) is 0 Å². The van der Waals surface area contributed by atoms with Gasteiger partial charge in [-0.05, 0) is 55.5 Å². The molecule has 1 heterocycles. The van der Waals surface area contributed by atoms with E-state index in [0.29, 0.717) is 23.3 Å². The summed E-state index contributed by atoms with van der Waals surface area (Å²) in [5.74, 6) is 1.15. The molecule has 0 spiro atoms. The van der Waals surface area contributed by atoms with Crippen molar-refractivity contribution in [1.82, 2.24) is 10.0 Å². The first kappa shape index (κ1) is 14.5. The van der Waals surface area contributed by atoms with Crippen molar-refractivity contribution in [2.75, 3.05) is 6.54 Å². The number of hydrogen-bond donors (Lipinski definition) is 2. The minimum atomic E-state index is -3.37. The van der Waals surface area contributed by atoms with Crippen molar-refractivity contribution in [3.63, 3.8) is 0 Å². The second-order valence-electron chi connectivity index (χ2n) is 5.81. The van der Waals surface area contributed by atoms with Crippen LogP contribution in [0, 0.1) is 11.8 Å². The van der Waals surface area contributed by atoms with Gasteiger partial charge >= 0.3 is 0 Å². The summed E-state index contributed by atoms with van der Waals surface area (Å²) < 4.78 is 28.2. The smallest absolute Gasteiger partial charge is 0.241 e. The second kappa shape index (κ2) is 5.75. The normalized spacial score (nSPS) is 19.7. The first-order valence-corrected chi connectivity index (χ1v) is 9.77. The second-order valence-corrected chi connectivity index (χ2v) is 8.49. The molecule has 112 valence electrons. The monoisotopic (exact) mass is 314 g/mol. The highest BCUT2D eigenvalue weighted by Crippen LogP contribution is 2.45. The highest BCUT2D eigenvalue weighted by molar-refractivity contribution is 7.89. The van der Waals surface area contributed by atoms with Crippen molar-refractivity contribution < 1.29 is 8.42 Å². The third kappa shape index (κ3) is 3.24. The molecule has 1 aromatic rings. The van der Waals surface area contributed by atoms with Crippen LogP contribution in [-0.4, -0.2) is 21.0 Å². The van der Waals surface area contributed by atoms with Crippen LogP contribution in [0.3, 0.4) is 0 Å². The molecule has 0 unspecified atom stereocenters. The van der Waals surface area contributed by atoms with E-state index < -0.39 is 10.0 Å². The van der Waals surface area contributed by atoms with Crippen molar-refractivity contribution in [2.45, 2.75) is 50.1 Å². The Hall–Kier alpha value is -0.430. The highest BCUT2D eigenvalue weighted by atomic mass is 32.2. The van der Waals surface area contributed by atoms with Crippen molar-refractivity contribution in [2.24, 2.45) is 11.8 Å². The van der Waals surface area contributed by atoms with Gasteiger partial charge in [-0.25, -0.2) is 13.1 Å². The van der Waals surface area contributed by atoms with E-state index in [9.17, 15) is 8.42 Å². The van der Waals surface area contributed by atoms with Gasteiger partial charge < -0.3 is 5.32 Å². The first-order valence-electron chi connectivity index (χ1n) is 7.41. The quantitative estimate of drug-likeness (QED) is 0.774. The van der Waals surface area contributed by atoms with Gasteiger partial charge in [0, 0.05) is 17.5 Å². The van der Waals surface area contributed by atoms with Crippen LogP contribution in [0.2, 0.25) is 0 Å². The molecule has 3 rings (SSSR count). The standard InChI is InChI=1S/C14H22N2O2S2/c1-2-15-9-12-13(7-8-19-12)20(17,18)16-14(10-3-4-10)11-5-6-11/h7-8,10-11,14-16H,2-6,9H2,1H3. The summed E-state index contributed by atoms with van der Waals surface area (Å²) in [6, 6.07) is 1.91. The molecule has 1 aromatic heterocycles. The van der Waals surface area contributed by atoms with Crippen LogP contribution in [0.15, 0.2) is 16.3 Å². The van der Waals surface area contributed by atoms with Crippen LogP contribution in [-0.2, 0) is 16.6 Å². The Morgan fingerprint density at radius 2 is 1.95 bits per heavy atom. The minimum Gasteiger partial charge on any atom is -0.312 e. The predicted octanol–water partition coefficient (Wildman–Crippen LogP) is 2.32. The molecule has 2 N–H and O–H groups in total. The molecule has 2 aliphatic carbocycles. The molecule has 0 aliphatic heterocycles. The van der Waals surface area contributed by atoms with Crippen molar-refractivity contribution in [3.05, 3.63) is 16.3 Å². The Balaban J connectivity index is 1.75. The Morgan fingerprint density at radius 1 is 1.30 bits per heavy atom. The maximum atomic E-state index is 12.6. The summed E-state index contributed by atoms with van der Waals surface area (Å²) in [6.07, 6.45) is 4.71. The molecule has 6 heteroatoms. The van der Waals surface area contributed by atoms with Crippen molar-refractivity contribution in [3.8, 4) is 0 Å². The van der Waals surface area contributed by atoms with Gasteiger partial charge in [0.2, 0.25) is 10.0 Å². The maximum absolute atomic E-state index is 12.6. The van der Waals surface area contributed by atoms with E-state index >= 15 is 0 Å². The van der Waals surface area contributed by atoms with E-state index in [1.807, 2.05) is 12.3 Å². The summed E-state index contributed by atoms with van der Waals surface area (Å²) in [7, 11) is -3.37. The third-order valence-corrected chi connectivity index (χ3v) is 6.67. The molecule has 0 saturated heterocycles. The van der Waals surface area contributed by atoms with Crippen molar-refractivity contribution >= 4 is 21.4 Å². The Labute approximate surface area is 125 Å². The molecule has 2 fully saturated rings. The van der Waals surface area contributed by atoms with Crippen LogP contribution in [0.4, 0.5) is 0 Å². The number of hydrogen-bond acceptors (Lipinski definition) is 4. The number of sulfonamides is 1. The van der Waals surface area contributed by atoms with E-state index in [1.54, 1.807) is 6.07 Å². The average molecular weight is 314 g/mol. The zero-order valence-electron chi connectivity index (χ0n) is 11.8. The Bertz CT molecular complexity index is 547. The molecular weight excluding hydrogens is 292 g/mol. The van der Waals surface area contributed by atoms with Gasteiger partial charge in [-0.2, -0.15) is 0 Å². The molecule has 0 amide bonds. The molecule has 0 bridgehead atoms. The zero-order valence-corrected chi connectivity index (χ0v) is 13.4. The van der Waals surface area contributed by atoms with Gasteiger partial charge in [0.05, 0.1) is 4.90 Å². The lowest BCUT2D eigenvalue weighted by Gasteiger charge is -2.18. The SMILES string of the molecule is CCNCc1sccc1S(=O)(=O)NC(C1CC1)C1CC1. The summed E-state index contributed by atoms with van der Waals surface area (Å²) in [4.78, 5) is 1.37. The number of nitrogens with one attached hydrogen (secondary N) is 2. The average Bonchev–Trinajstić information content (AvgIpc) is 3.32. The van der Waals surface area contributed by atoms with Gasteiger partial charge in [-0.1, -0.05) is 6.92 Å². The van der Waals surface area contributed by atoms with Crippen LogP contribution in [0.5, 0.6) is 0 Å². The van der Waals surface area contributed by atoms with Gasteiger partial charge in [-0.3, -0.25) is 0 Å². The van der Waals surface area contributed by atoms with Gasteiger partial charge in [0.1, 0.15) is 0 Å². The lowest BCUT2D eigenvalue weighted by Crippen LogP contribution is -2.38. The third-order valence-electron chi connectivity index (χ3n) is 4.08. The minimum absolute atomic E-state index is 0.173. The molecule has 0 radical (unpaired) electrons. The summed E-state index contributed by atoms with van der Waals surface area (Å²) in [6.45, 7) is 3.50. The summed E-state index contributed by atoms with van der Waals surface area (Å²) in [5.41, 5.74) is 0. The number of rotatable bonds is 8. The van der Waals surface area contributed by atoms with E-state index in [-0.39, 0.29) is 6.04 Å².